The first-order chi connectivity index (χ1) is 5.83. The SMILES string of the molecule is COC(=O)CSCC1CCNC1. The van der Waals surface area contributed by atoms with Crippen LogP contribution in [0.25, 0.3) is 0 Å². The number of ether oxygens (including phenoxy) is 1. The maximum atomic E-state index is 10.7. The van der Waals surface area contributed by atoms with Gasteiger partial charge in [0.2, 0.25) is 0 Å². The summed E-state index contributed by atoms with van der Waals surface area (Å²) in [7, 11) is 1.43. The normalized spacial score (nSPS) is 22.6. The van der Waals surface area contributed by atoms with E-state index >= 15 is 0 Å². The van der Waals surface area contributed by atoms with Crippen LogP contribution in [0.4, 0.5) is 0 Å². The quantitative estimate of drug-likeness (QED) is 0.654. The molecule has 1 fully saturated rings. The summed E-state index contributed by atoms with van der Waals surface area (Å²) in [5.41, 5.74) is 0. The van der Waals surface area contributed by atoms with Crippen LogP contribution >= 0.6 is 11.8 Å². The second kappa shape index (κ2) is 5.43. The average molecular weight is 189 g/mol. The number of hydrogen-bond acceptors (Lipinski definition) is 4. The Morgan fingerprint density at radius 1 is 1.75 bits per heavy atom. The molecule has 1 saturated heterocycles. The molecule has 1 aliphatic rings. The van der Waals surface area contributed by atoms with E-state index in [1.165, 1.54) is 13.5 Å². The van der Waals surface area contributed by atoms with Gasteiger partial charge in [-0.05, 0) is 31.2 Å². The topological polar surface area (TPSA) is 38.3 Å². The Morgan fingerprint density at radius 2 is 2.58 bits per heavy atom. The molecule has 0 bridgehead atoms. The van der Waals surface area contributed by atoms with E-state index in [1.807, 2.05) is 0 Å². The lowest BCUT2D eigenvalue weighted by molar-refractivity contribution is -0.137. The number of methoxy groups -OCH3 is 1. The van der Waals surface area contributed by atoms with Gasteiger partial charge in [0.15, 0.2) is 0 Å². The molecule has 4 heteroatoms. The zero-order valence-corrected chi connectivity index (χ0v) is 8.15. The van der Waals surface area contributed by atoms with Gasteiger partial charge in [-0.25, -0.2) is 0 Å². The monoisotopic (exact) mass is 189 g/mol. The predicted octanol–water partition coefficient (Wildman–Crippen LogP) is 0.502. The number of carbonyl (C=O) groups is 1. The summed E-state index contributed by atoms with van der Waals surface area (Å²) in [5.74, 6) is 2.19. The van der Waals surface area contributed by atoms with Gasteiger partial charge in [-0.15, -0.1) is 11.8 Å². The number of carbonyl (C=O) groups excluding carboxylic acids is 1. The van der Waals surface area contributed by atoms with Crippen LogP contribution in [0.1, 0.15) is 6.42 Å². The van der Waals surface area contributed by atoms with Gasteiger partial charge >= 0.3 is 5.97 Å². The minimum atomic E-state index is -0.119. The van der Waals surface area contributed by atoms with Crippen molar-refractivity contribution >= 4 is 17.7 Å². The lowest BCUT2D eigenvalue weighted by Gasteiger charge is -2.05. The highest BCUT2D eigenvalue weighted by Crippen LogP contribution is 2.14. The van der Waals surface area contributed by atoms with Crippen LogP contribution in [-0.4, -0.2) is 37.7 Å². The van der Waals surface area contributed by atoms with Crippen LogP contribution in [0, 0.1) is 5.92 Å². The summed E-state index contributed by atoms with van der Waals surface area (Å²) in [6, 6.07) is 0. The van der Waals surface area contributed by atoms with Crippen molar-refractivity contribution in [1.29, 1.82) is 0 Å². The largest absolute Gasteiger partial charge is 0.468 e. The van der Waals surface area contributed by atoms with Crippen LogP contribution in [0.15, 0.2) is 0 Å². The Balaban J connectivity index is 1.97. The minimum absolute atomic E-state index is 0.119. The molecule has 1 atom stereocenters. The third-order valence-corrected chi connectivity index (χ3v) is 3.11. The van der Waals surface area contributed by atoms with E-state index in [0.717, 1.165) is 24.8 Å². The molecule has 0 saturated carbocycles. The van der Waals surface area contributed by atoms with Crippen LogP contribution in [0.3, 0.4) is 0 Å². The van der Waals surface area contributed by atoms with Crippen LogP contribution in [0.5, 0.6) is 0 Å². The Kier molecular flexibility index (Phi) is 4.46. The van der Waals surface area contributed by atoms with Crippen molar-refractivity contribution in [3.8, 4) is 0 Å². The fourth-order valence-electron chi connectivity index (χ4n) is 1.22. The minimum Gasteiger partial charge on any atom is -0.468 e. The Bertz CT molecular complexity index is 146. The molecule has 1 aliphatic heterocycles. The summed E-state index contributed by atoms with van der Waals surface area (Å²) in [5, 5.41) is 3.29. The first-order valence-corrected chi connectivity index (χ1v) is 5.33. The Hall–Kier alpha value is -0.220. The Labute approximate surface area is 77.2 Å². The number of hydrogen-bond donors (Lipinski definition) is 1. The molecule has 0 aromatic heterocycles. The Morgan fingerprint density at radius 3 is 3.17 bits per heavy atom. The second-order valence-corrected chi connectivity index (χ2v) is 3.98. The fraction of sp³-hybridized carbons (Fsp3) is 0.875. The van der Waals surface area contributed by atoms with Gasteiger partial charge < -0.3 is 10.1 Å². The van der Waals surface area contributed by atoms with Crippen molar-refractivity contribution < 1.29 is 9.53 Å². The molecule has 1 heterocycles. The van der Waals surface area contributed by atoms with Crippen LogP contribution in [-0.2, 0) is 9.53 Å². The maximum absolute atomic E-state index is 10.7. The number of nitrogens with one attached hydrogen (secondary N) is 1. The molecule has 0 amide bonds. The number of rotatable bonds is 4. The highest BCUT2D eigenvalue weighted by Gasteiger charge is 2.14. The van der Waals surface area contributed by atoms with E-state index in [1.54, 1.807) is 11.8 Å². The number of thioether (sulfide) groups is 1. The van der Waals surface area contributed by atoms with E-state index in [0.29, 0.717) is 5.75 Å². The van der Waals surface area contributed by atoms with Gasteiger partial charge in [-0.1, -0.05) is 0 Å². The van der Waals surface area contributed by atoms with Gasteiger partial charge in [0, 0.05) is 0 Å². The van der Waals surface area contributed by atoms with E-state index in [4.69, 9.17) is 0 Å². The second-order valence-electron chi connectivity index (χ2n) is 2.95. The van der Waals surface area contributed by atoms with Gasteiger partial charge in [0.1, 0.15) is 0 Å². The predicted molar refractivity (Wildman–Crippen MR) is 50.3 cm³/mol. The molecular weight excluding hydrogens is 174 g/mol. The first kappa shape index (κ1) is 9.86. The molecule has 0 aromatic rings. The van der Waals surface area contributed by atoms with Crippen LogP contribution < -0.4 is 5.32 Å². The molecule has 0 aliphatic carbocycles. The molecule has 0 aromatic carbocycles. The van der Waals surface area contributed by atoms with E-state index in [-0.39, 0.29) is 5.97 Å². The molecular formula is C8H15NO2S. The van der Waals surface area contributed by atoms with E-state index < -0.39 is 0 Å². The lowest BCUT2D eigenvalue weighted by atomic mass is 10.2. The molecule has 12 heavy (non-hydrogen) atoms. The van der Waals surface area contributed by atoms with E-state index in [9.17, 15) is 4.79 Å². The summed E-state index contributed by atoms with van der Waals surface area (Å²) in [6.45, 7) is 2.23. The number of esters is 1. The van der Waals surface area contributed by atoms with Gasteiger partial charge in [0.25, 0.3) is 0 Å². The highest BCUT2D eigenvalue weighted by molar-refractivity contribution is 7.99. The van der Waals surface area contributed by atoms with Crippen molar-refractivity contribution in [1.82, 2.24) is 5.32 Å². The highest BCUT2D eigenvalue weighted by atomic mass is 32.2. The molecule has 1 N–H and O–H groups in total. The molecule has 0 radical (unpaired) electrons. The van der Waals surface area contributed by atoms with Crippen molar-refractivity contribution in [2.24, 2.45) is 5.92 Å². The van der Waals surface area contributed by atoms with Crippen molar-refractivity contribution in [2.75, 3.05) is 31.7 Å². The van der Waals surface area contributed by atoms with Gasteiger partial charge in [-0.3, -0.25) is 4.79 Å². The standard InChI is InChI=1S/C8H15NO2S/c1-11-8(10)6-12-5-7-2-3-9-4-7/h7,9H,2-6H2,1H3. The molecule has 1 rings (SSSR count). The smallest absolute Gasteiger partial charge is 0.315 e. The van der Waals surface area contributed by atoms with Crippen molar-refractivity contribution in [3.63, 3.8) is 0 Å². The van der Waals surface area contributed by atoms with Crippen LogP contribution in [0.2, 0.25) is 0 Å². The summed E-state index contributed by atoms with van der Waals surface area (Å²) >= 11 is 1.67. The van der Waals surface area contributed by atoms with Gasteiger partial charge in [-0.2, -0.15) is 0 Å². The zero-order valence-electron chi connectivity index (χ0n) is 7.34. The average Bonchev–Trinajstić information content (AvgIpc) is 2.57. The van der Waals surface area contributed by atoms with Crippen molar-refractivity contribution in [2.45, 2.75) is 6.42 Å². The first-order valence-electron chi connectivity index (χ1n) is 4.18. The summed E-state index contributed by atoms with van der Waals surface area (Å²) in [6.07, 6.45) is 1.24. The maximum Gasteiger partial charge on any atom is 0.315 e. The lowest BCUT2D eigenvalue weighted by Crippen LogP contribution is -2.12. The molecule has 70 valence electrons. The third kappa shape index (κ3) is 3.45. The molecule has 3 nitrogen and oxygen atoms in total. The zero-order chi connectivity index (χ0) is 8.81. The fourth-order valence-corrected chi connectivity index (χ4v) is 2.24. The molecule has 0 spiro atoms. The van der Waals surface area contributed by atoms with Gasteiger partial charge in [0.05, 0.1) is 12.9 Å². The molecule has 1 unspecified atom stereocenters. The third-order valence-electron chi connectivity index (χ3n) is 1.96. The summed E-state index contributed by atoms with van der Waals surface area (Å²) < 4.78 is 4.54. The van der Waals surface area contributed by atoms with Crippen molar-refractivity contribution in [3.05, 3.63) is 0 Å². The van der Waals surface area contributed by atoms with E-state index in [2.05, 4.69) is 10.1 Å². The summed E-state index contributed by atoms with van der Waals surface area (Å²) in [4.78, 5) is 10.7.